The van der Waals surface area contributed by atoms with Crippen molar-refractivity contribution in [1.29, 1.82) is 0 Å². The fourth-order valence-electron chi connectivity index (χ4n) is 2.39. The third-order valence-corrected chi connectivity index (χ3v) is 4.89. The van der Waals surface area contributed by atoms with Gasteiger partial charge in [0.2, 0.25) is 5.89 Å². The van der Waals surface area contributed by atoms with Crippen LogP contribution in [-0.2, 0) is 13.1 Å². The van der Waals surface area contributed by atoms with Crippen molar-refractivity contribution in [1.82, 2.24) is 25.3 Å². The molecule has 1 fully saturated rings. The van der Waals surface area contributed by atoms with Gasteiger partial charge in [0, 0.05) is 13.0 Å². The highest BCUT2D eigenvalue weighted by molar-refractivity contribution is 7.18. The lowest BCUT2D eigenvalue weighted by atomic mass is 10.3. The molecule has 0 spiro atoms. The van der Waals surface area contributed by atoms with E-state index in [-0.39, 0.29) is 12.6 Å². The number of carbonyl (C=O) groups excluding carboxylic acids is 1. The second-order valence-electron chi connectivity index (χ2n) is 5.91. The van der Waals surface area contributed by atoms with Crippen molar-refractivity contribution < 1.29 is 9.32 Å². The van der Waals surface area contributed by atoms with E-state index in [1.54, 1.807) is 23.3 Å². The highest BCUT2D eigenvalue weighted by Crippen LogP contribution is 2.38. The number of rotatable bonds is 5. The first-order chi connectivity index (χ1) is 11.7. The first-order valence-electron chi connectivity index (χ1n) is 7.85. The van der Waals surface area contributed by atoms with Crippen LogP contribution in [0.15, 0.2) is 28.8 Å². The minimum Gasteiger partial charge on any atom is -0.339 e. The molecule has 0 aliphatic heterocycles. The van der Waals surface area contributed by atoms with Crippen molar-refractivity contribution in [2.45, 2.75) is 31.8 Å². The van der Waals surface area contributed by atoms with Gasteiger partial charge in [-0.05, 0) is 25.0 Å². The maximum Gasteiger partial charge on any atom is 0.317 e. The van der Waals surface area contributed by atoms with Crippen LogP contribution in [0.25, 0.3) is 10.2 Å². The van der Waals surface area contributed by atoms with E-state index in [1.807, 2.05) is 24.3 Å². The zero-order chi connectivity index (χ0) is 16.5. The number of para-hydroxylation sites is 1. The predicted molar refractivity (Wildman–Crippen MR) is 89.6 cm³/mol. The van der Waals surface area contributed by atoms with Gasteiger partial charge in [0.15, 0.2) is 5.82 Å². The zero-order valence-corrected chi connectivity index (χ0v) is 14.0. The molecule has 2 amide bonds. The molecule has 0 bridgehead atoms. The molecule has 0 atom stereocenters. The molecule has 0 unspecified atom stereocenters. The van der Waals surface area contributed by atoms with Crippen LogP contribution >= 0.6 is 11.3 Å². The summed E-state index contributed by atoms with van der Waals surface area (Å²) in [6.07, 6.45) is 2.22. The largest absolute Gasteiger partial charge is 0.339 e. The van der Waals surface area contributed by atoms with Crippen LogP contribution in [0.1, 0.15) is 35.5 Å². The van der Waals surface area contributed by atoms with Gasteiger partial charge >= 0.3 is 6.03 Å². The van der Waals surface area contributed by atoms with E-state index in [1.165, 1.54) is 0 Å². The number of nitrogens with one attached hydrogen (secondary N) is 1. The number of hydrogen-bond acceptors (Lipinski definition) is 6. The number of nitrogens with zero attached hydrogens (tertiary/aromatic N) is 4. The molecule has 2 aromatic heterocycles. The Hall–Kier alpha value is -2.48. The molecule has 1 aliphatic rings. The van der Waals surface area contributed by atoms with Gasteiger partial charge in [-0.15, -0.1) is 11.3 Å². The number of aromatic nitrogens is 3. The Morgan fingerprint density at radius 1 is 1.38 bits per heavy atom. The van der Waals surface area contributed by atoms with Crippen LogP contribution in [0.3, 0.4) is 0 Å². The summed E-state index contributed by atoms with van der Waals surface area (Å²) in [7, 11) is 1.74. The van der Waals surface area contributed by atoms with E-state index in [9.17, 15) is 4.79 Å². The van der Waals surface area contributed by atoms with Crippen molar-refractivity contribution in [2.75, 3.05) is 7.05 Å². The lowest BCUT2D eigenvalue weighted by Crippen LogP contribution is -2.36. The third-order valence-electron chi connectivity index (χ3n) is 3.87. The van der Waals surface area contributed by atoms with Crippen LogP contribution in [0.5, 0.6) is 0 Å². The molecule has 2 heterocycles. The molecule has 3 aromatic rings. The van der Waals surface area contributed by atoms with Crippen LogP contribution in [0, 0.1) is 0 Å². The Morgan fingerprint density at radius 2 is 2.21 bits per heavy atom. The van der Waals surface area contributed by atoms with E-state index in [0.29, 0.717) is 24.2 Å². The Kier molecular flexibility index (Phi) is 3.89. The molecule has 1 saturated carbocycles. The van der Waals surface area contributed by atoms with Gasteiger partial charge in [-0.2, -0.15) is 4.98 Å². The van der Waals surface area contributed by atoms with Crippen molar-refractivity contribution in [3.63, 3.8) is 0 Å². The minimum absolute atomic E-state index is 0.188. The van der Waals surface area contributed by atoms with E-state index in [0.717, 1.165) is 28.1 Å². The lowest BCUT2D eigenvalue weighted by molar-refractivity contribution is 0.206. The monoisotopic (exact) mass is 343 g/mol. The first kappa shape index (κ1) is 15.1. The lowest BCUT2D eigenvalue weighted by Gasteiger charge is -2.15. The molecular formula is C16H17N5O2S. The number of thiazole rings is 1. The maximum atomic E-state index is 12.2. The van der Waals surface area contributed by atoms with Gasteiger partial charge in [-0.25, -0.2) is 9.78 Å². The van der Waals surface area contributed by atoms with Crippen LogP contribution in [0.4, 0.5) is 4.79 Å². The minimum atomic E-state index is -0.188. The summed E-state index contributed by atoms with van der Waals surface area (Å²) >= 11 is 1.60. The highest BCUT2D eigenvalue weighted by atomic mass is 32.1. The Bertz CT molecular complexity index is 837. The van der Waals surface area contributed by atoms with E-state index < -0.39 is 0 Å². The molecule has 24 heavy (non-hydrogen) atoms. The topological polar surface area (TPSA) is 84.2 Å². The van der Waals surface area contributed by atoms with Crippen LogP contribution < -0.4 is 5.32 Å². The van der Waals surface area contributed by atoms with E-state index in [4.69, 9.17) is 4.52 Å². The molecule has 7 nitrogen and oxygen atoms in total. The number of carbonyl (C=O) groups is 1. The molecular weight excluding hydrogens is 326 g/mol. The molecule has 1 aliphatic carbocycles. The molecule has 4 rings (SSSR count). The van der Waals surface area contributed by atoms with Crippen molar-refractivity contribution in [3.05, 3.63) is 41.0 Å². The van der Waals surface area contributed by atoms with Crippen LogP contribution in [-0.4, -0.2) is 33.1 Å². The summed E-state index contributed by atoms with van der Waals surface area (Å²) in [5.74, 6) is 1.62. The zero-order valence-electron chi connectivity index (χ0n) is 13.2. The second-order valence-corrected chi connectivity index (χ2v) is 7.03. The number of hydrogen-bond donors (Lipinski definition) is 1. The van der Waals surface area contributed by atoms with Gasteiger partial charge in [0.1, 0.15) is 5.01 Å². The summed E-state index contributed by atoms with van der Waals surface area (Å²) in [6.45, 7) is 0.726. The highest BCUT2D eigenvalue weighted by Gasteiger charge is 2.29. The predicted octanol–water partition coefficient (Wildman–Crippen LogP) is 2.90. The average Bonchev–Trinajstić information content (AvgIpc) is 3.18. The molecule has 1 aromatic carbocycles. The van der Waals surface area contributed by atoms with Gasteiger partial charge in [0.25, 0.3) is 0 Å². The van der Waals surface area contributed by atoms with Crippen molar-refractivity contribution >= 4 is 27.6 Å². The Morgan fingerprint density at radius 3 is 3.00 bits per heavy atom. The second kappa shape index (κ2) is 6.20. The smallest absolute Gasteiger partial charge is 0.317 e. The standard InChI is InChI=1S/C16H17N5O2S/c1-21(9-14-18-11-4-2-3-5-12(11)24-14)16(22)17-8-13-19-15(23-20-13)10-6-7-10/h2-5,10H,6-9H2,1H3,(H,17,22). The summed E-state index contributed by atoms with van der Waals surface area (Å²) in [6, 6.07) is 7.77. The number of amides is 2. The quantitative estimate of drug-likeness (QED) is 0.770. The average molecular weight is 343 g/mol. The Balaban J connectivity index is 1.33. The summed E-state index contributed by atoms with van der Waals surface area (Å²) in [5.41, 5.74) is 0.964. The summed E-state index contributed by atoms with van der Waals surface area (Å²) < 4.78 is 6.30. The van der Waals surface area contributed by atoms with Gasteiger partial charge in [-0.3, -0.25) is 0 Å². The van der Waals surface area contributed by atoms with Crippen LogP contribution in [0.2, 0.25) is 0 Å². The fourth-order valence-corrected chi connectivity index (χ4v) is 3.41. The Labute approximate surface area is 142 Å². The molecule has 0 radical (unpaired) electrons. The van der Waals surface area contributed by atoms with Gasteiger partial charge in [-0.1, -0.05) is 17.3 Å². The number of urea groups is 1. The number of benzene rings is 1. The van der Waals surface area contributed by atoms with Crippen molar-refractivity contribution in [3.8, 4) is 0 Å². The summed E-state index contributed by atoms with van der Waals surface area (Å²) in [5, 5.41) is 7.60. The number of fused-ring (bicyclic) bond motifs is 1. The SMILES string of the molecule is CN(Cc1nc2ccccc2s1)C(=O)NCc1noc(C2CC2)n1. The van der Waals surface area contributed by atoms with E-state index >= 15 is 0 Å². The molecule has 0 saturated heterocycles. The molecule has 8 heteroatoms. The molecule has 1 N–H and O–H groups in total. The normalized spacial score (nSPS) is 14.0. The van der Waals surface area contributed by atoms with Crippen molar-refractivity contribution in [2.24, 2.45) is 0 Å². The first-order valence-corrected chi connectivity index (χ1v) is 8.66. The van der Waals surface area contributed by atoms with Gasteiger partial charge < -0.3 is 14.7 Å². The maximum absolute atomic E-state index is 12.2. The third kappa shape index (κ3) is 3.23. The van der Waals surface area contributed by atoms with E-state index in [2.05, 4.69) is 20.4 Å². The van der Waals surface area contributed by atoms with Gasteiger partial charge in [0.05, 0.1) is 23.3 Å². The fraction of sp³-hybridized carbons (Fsp3) is 0.375. The summed E-state index contributed by atoms with van der Waals surface area (Å²) in [4.78, 5) is 22.6. The molecule has 124 valence electrons.